The first-order chi connectivity index (χ1) is 7.11. The lowest BCUT2D eigenvalue weighted by Gasteiger charge is -2.27. The Bertz CT molecular complexity index is 258. The molecule has 0 aromatic heterocycles. The first-order valence-electron chi connectivity index (χ1n) is 5.35. The molecule has 2 amide bonds. The Hall–Kier alpha value is -1.26. The van der Waals surface area contributed by atoms with Crippen molar-refractivity contribution in [3.8, 4) is 0 Å². The summed E-state index contributed by atoms with van der Waals surface area (Å²) in [6.07, 6.45) is -0.0604. The molecule has 0 spiro atoms. The number of nitrogens with one attached hydrogen (secondary N) is 1. The number of amides is 2. The summed E-state index contributed by atoms with van der Waals surface area (Å²) < 4.78 is 0. The van der Waals surface area contributed by atoms with Gasteiger partial charge in [0.1, 0.15) is 0 Å². The SMILES string of the molecule is CC(CC(=O)O)NC(=O)N(C)CC(C)(C)C. The molecule has 5 heteroatoms. The molecule has 0 bridgehead atoms. The van der Waals surface area contributed by atoms with Gasteiger partial charge in [0, 0.05) is 19.6 Å². The van der Waals surface area contributed by atoms with E-state index < -0.39 is 5.97 Å². The fourth-order valence-electron chi connectivity index (χ4n) is 1.42. The van der Waals surface area contributed by atoms with Crippen LogP contribution in [0.25, 0.3) is 0 Å². The summed E-state index contributed by atoms with van der Waals surface area (Å²) in [5.74, 6) is -0.911. The highest BCUT2D eigenvalue weighted by Crippen LogP contribution is 2.14. The van der Waals surface area contributed by atoms with Gasteiger partial charge in [0.15, 0.2) is 0 Å². The van der Waals surface area contributed by atoms with Gasteiger partial charge in [-0.25, -0.2) is 4.79 Å². The summed E-state index contributed by atoms with van der Waals surface area (Å²) in [6.45, 7) is 8.42. The zero-order chi connectivity index (χ0) is 12.9. The van der Waals surface area contributed by atoms with Gasteiger partial charge in [0.05, 0.1) is 6.42 Å². The van der Waals surface area contributed by atoms with Crippen molar-refractivity contribution in [3.63, 3.8) is 0 Å². The minimum atomic E-state index is -0.911. The number of hydrogen-bond donors (Lipinski definition) is 2. The second-order valence-corrected chi connectivity index (χ2v) is 5.37. The number of carbonyl (C=O) groups is 2. The van der Waals surface area contributed by atoms with E-state index in [9.17, 15) is 9.59 Å². The maximum absolute atomic E-state index is 11.6. The lowest BCUT2D eigenvalue weighted by molar-refractivity contribution is -0.137. The standard InChI is InChI=1S/C11H22N2O3/c1-8(6-9(14)15)12-10(16)13(5)7-11(2,3)4/h8H,6-7H2,1-5H3,(H,12,16)(H,14,15). The number of rotatable bonds is 4. The largest absolute Gasteiger partial charge is 0.481 e. The van der Waals surface area contributed by atoms with Crippen LogP contribution in [0.15, 0.2) is 0 Å². The van der Waals surface area contributed by atoms with Crippen LogP contribution in [0.2, 0.25) is 0 Å². The first-order valence-corrected chi connectivity index (χ1v) is 5.35. The van der Waals surface area contributed by atoms with Crippen LogP contribution in [0.1, 0.15) is 34.1 Å². The predicted octanol–water partition coefficient (Wildman–Crippen LogP) is 1.54. The lowest BCUT2D eigenvalue weighted by Crippen LogP contribution is -2.45. The molecule has 16 heavy (non-hydrogen) atoms. The number of hydrogen-bond acceptors (Lipinski definition) is 2. The van der Waals surface area contributed by atoms with E-state index >= 15 is 0 Å². The monoisotopic (exact) mass is 230 g/mol. The van der Waals surface area contributed by atoms with E-state index in [-0.39, 0.29) is 23.9 Å². The van der Waals surface area contributed by atoms with Gasteiger partial charge in [0.25, 0.3) is 0 Å². The molecule has 0 aliphatic heterocycles. The van der Waals surface area contributed by atoms with Gasteiger partial charge in [-0.3, -0.25) is 4.79 Å². The maximum Gasteiger partial charge on any atom is 0.317 e. The number of carboxylic acid groups (broad SMARTS) is 1. The van der Waals surface area contributed by atoms with Crippen LogP contribution >= 0.6 is 0 Å². The summed E-state index contributed by atoms with van der Waals surface area (Å²) in [5.41, 5.74) is 0.0299. The quantitative estimate of drug-likeness (QED) is 0.769. The van der Waals surface area contributed by atoms with E-state index in [0.717, 1.165) is 0 Å². The van der Waals surface area contributed by atoms with Crippen LogP contribution in [-0.2, 0) is 4.79 Å². The molecule has 94 valence electrons. The van der Waals surface area contributed by atoms with Crippen LogP contribution in [0.4, 0.5) is 4.79 Å². The molecule has 0 saturated heterocycles. The number of aliphatic carboxylic acids is 1. The highest BCUT2D eigenvalue weighted by atomic mass is 16.4. The molecule has 0 rings (SSSR count). The highest BCUT2D eigenvalue weighted by Gasteiger charge is 2.19. The molecule has 0 aromatic carbocycles. The van der Waals surface area contributed by atoms with E-state index in [2.05, 4.69) is 5.32 Å². The molecule has 1 unspecified atom stereocenters. The molecule has 0 aliphatic rings. The van der Waals surface area contributed by atoms with Crippen molar-refractivity contribution >= 4 is 12.0 Å². The highest BCUT2D eigenvalue weighted by molar-refractivity contribution is 5.75. The topological polar surface area (TPSA) is 69.6 Å². The van der Waals surface area contributed by atoms with Gasteiger partial charge < -0.3 is 15.3 Å². The van der Waals surface area contributed by atoms with Crippen molar-refractivity contribution < 1.29 is 14.7 Å². The van der Waals surface area contributed by atoms with Crippen molar-refractivity contribution in [2.45, 2.75) is 40.2 Å². The average Bonchev–Trinajstić information content (AvgIpc) is 1.98. The lowest BCUT2D eigenvalue weighted by atomic mass is 9.96. The van der Waals surface area contributed by atoms with E-state index in [1.54, 1.807) is 18.9 Å². The van der Waals surface area contributed by atoms with Crippen LogP contribution < -0.4 is 5.32 Å². The fourth-order valence-corrected chi connectivity index (χ4v) is 1.42. The Kier molecular flexibility index (Phi) is 5.27. The van der Waals surface area contributed by atoms with Crippen molar-refractivity contribution in [1.29, 1.82) is 0 Å². The number of urea groups is 1. The summed E-state index contributed by atoms with van der Waals surface area (Å²) >= 11 is 0. The minimum Gasteiger partial charge on any atom is -0.481 e. The number of carbonyl (C=O) groups excluding carboxylic acids is 1. The van der Waals surface area contributed by atoms with Crippen molar-refractivity contribution in [2.24, 2.45) is 5.41 Å². The fraction of sp³-hybridized carbons (Fsp3) is 0.818. The van der Waals surface area contributed by atoms with Crippen molar-refractivity contribution in [3.05, 3.63) is 0 Å². The second kappa shape index (κ2) is 5.72. The molecule has 0 fully saturated rings. The predicted molar refractivity (Wildman–Crippen MR) is 62.3 cm³/mol. The molecular weight excluding hydrogens is 208 g/mol. The Balaban J connectivity index is 4.10. The van der Waals surface area contributed by atoms with E-state index in [4.69, 9.17) is 5.11 Å². The van der Waals surface area contributed by atoms with Crippen LogP contribution in [0.3, 0.4) is 0 Å². The molecule has 0 aromatic rings. The second-order valence-electron chi connectivity index (χ2n) is 5.37. The van der Waals surface area contributed by atoms with Crippen LogP contribution in [0, 0.1) is 5.41 Å². The molecule has 1 atom stereocenters. The van der Waals surface area contributed by atoms with Crippen LogP contribution in [-0.4, -0.2) is 41.6 Å². The molecule has 0 saturated carbocycles. The third kappa shape index (κ3) is 7.09. The van der Waals surface area contributed by atoms with E-state index in [0.29, 0.717) is 6.54 Å². The van der Waals surface area contributed by atoms with Crippen LogP contribution in [0.5, 0.6) is 0 Å². The molecule has 2 N–H and O–H groups in total. The third-order valence-corrected chi connectivity index (χ3v) is 1.91. The van der Waals surface area contributed by atoms with Crippen molar-refractivity contribution in [1.82, 2.24) is 10.2 Å². The summed E-state index contributed by atoms with van der Waals surface area (Å²) in [7, 11) is 1.70. The number of carboxylic acids is 1. The normalized spacial score (nSPS) is 13.1. The van der Waals surface area contributed by atoms with Crippen molar-refractivity contribution in [2.75, 3.05) is 13.6 Å². The Morgan fingerprint density at radius 3 is 2.25 bits per heavy atom. The Morgan fingerprint density at radius 2 is 1.88 bits per heavy atom. The van der Waals surface area contributed by atoms with Gasteiger partial charge in [-0.05, 0) is 12.3 Å². The Labute approximate surface area is 96.8 Å². The molecular formula is C11H22N2O3. The number of nitrogens with zero attached hydrogens (tertiary/aromatic N) is 1. The van der Waals surface area contributed by atoms with Gasteiger partial charge >= 0.3 is 12.0 Å². The van der Waals surface area contributed by atoms with E-state index in [1.807, 2.05) is 20.8 Å². The molecule has 5 nitrogen and oxygen atoms in total. The molecule has 0 radical (unpaired) electrons. The van der Waals surface area contributed by atoms with Gasteiger partial charge in [-0.15, -0.1) is 0 Å². The zero-order valence-electron chi connectivity index (χ0n) is 10.7. The summed E-state index contributed by atoms with van der Waals surface area (Å²) in [5, 5.41) is 11.2. The Morgan fingerprint density at radius 1 is 1.38 bits per heavy atom. The average molecular weight is 230 g/mol. The van der Waals surface area contributed by atoms with E-state index in [1.165, 1.54) is 0 Å². The molecule has 0 aliphatic carbocycles. The van der Waals surface area contributed by atoms with Gasteiger partial charge in [-0.1, -0.05) is 20.8 Å². The minimum absolute atomic E-state index is 0.0299. The smallest absolute Gasteiger partial charge is 0.317 e. The summed E-state index contributed by atoms with van der Waals surface area (Å²) in [4.78, 5) is 23.6. The van der Waals surface area contributed by atoms with Gasteiger partial charge in [0.2, 0.25) is 0 Å². The third-order valence-electron chi connectivity index (χ3n) is 1.91. The molecule has 0 heterocycles. The first kappa shape index (κ1) is 14.7. The maximum atomic E-state index is 11.6. The summed E-state index contributed by atoms with van der Waals surface area (Å²) in [6, 6.07) is -0.587. The zero-order valence-corrected chi connectivity index (χ0v) is 10.7. The van der Waals surface area contributed by atoms with Gasteiger partial charge in [-0.2, -0.15) is 0 Å².